The first-order valence-corrected chi connectivity index (χ1v) is 11.1. The van der Waals surface area contributed by atoms with Crippen LogP contribution in [0.4, 0.5) is 5.69 Å². The van der Waals surface area contributed by atoms with E-state index in [-0.39, 0.29) is 17.7 Å². The molecule has 0 radical (unpaired) electrons. The van der Waals surface area contributed by atoms with Gasteiger partial charge in [0.1, 0.15) is 17.6 Å². The van der Waals surface area contributed by atoms with Gasteiger partial charge in [0, 0.05) is 42.7 Å². The average molecular weight is 452 g/mol. The zero-order valence-electron chi connectivity index (χ0n) is 18.7. The summed E-state index contributed by atoms with van der Waals surface area (Å²) in [5, 5.41) is 21.9. The third kappa shape index (κ3) is 5.13. The number of ether oxygens (including phenoxy) is 1. The lowest BCUT2D eigenvalue weighted by Gasteiger charge is -2.33. The van der Waals surface area contributed by atoms with Crippen LogP contribution >= 0.6 is 0 Å². The summed E-state index contributed by atoms with van der Waals surface area (Å²) < 4.78 is 5.84. The molecule has 1 aromatic heterocycles. The second-order valence-electron chi connectivity index (χ2n) is 8.01. The van der Waals surface area contributed by atoms with Crippen LogP contribution in [0.1, 0.15) is 29.5 Å². The maximum Gasteiger partial charge on any atom is 0.246 e. The summed E-state index contributed by atoms with van der Waals surface area (Å²) in [6.45, 7) is 4.77. The van der Waals surface area contributed by atoms with E-state index in [1.165, 1.54) is 12.3 Å². The summed E-state index contributed by atoms with van der Waals surface area (Å²) in [5.41, 5.74) is 2.37. The third-order valence-corrected chi connectivity index (χ3v) is 5.71. The van der Waals surface area contributed by atoms with Crippen LogP contribution in [-0.4, -0.2) is 40.6 Å². The number of para-hydroxylation sites is 1. The van der Waals surface area contributed by atoms with Crippen molar-refractivity contribution < 1.29 is 9.53 Å². The van der Waals surface area contributed by atoms with Crippen molar-refractivity contribution in [3.63, 3.8) is 0 Å². The fourth-order valence-electron chi connectivity index (χ4n) is 3.99. The van der Waals surface area contributed by atoms with Crippen molar-refractivity contribution in [2.45, 2.75) is 18.9 Å². The van der Waals surface area contributed by atoms with E-state index in [9.17, 15) is 10.1 Å². The van der Waals surface area contributed by atoms with E-state index in [0.29, 0.717) is 41.2 Å². The van der Waals surface area contributed by atoms with Crippen LogP contribution in [0.5, 0.6) is 11.5 Å². The summed E-state index contributed by atoms with van der Waals surface area (Å²) in [4.78, 5) is 18.0. The van der Waals surface area contributed by atoms with Gasteiger partial charge in [0.2, 0.25) is 5.91 Å². The van der Waals surface area contributed by atoms with Gasteiger partial charge >= 0.3 is 0 Å². The molecule has 1 amide bonds. The maximum absolute atomic E-state index is 12.1. The topological polar surface area (TPSA) is 102 Å². The van der Waals surface area contributed by atoms with Crippen LogP contribution in [0.25, 0.3) is 0 Å². The highest BCUT2D eigenvalue weighted by Crippen LogP contribution is 2.27. The molecule has 1 aliphatic rings. The number of nitrogens with zero attached hydrogens (tertiary/aromatic N) is 3. The number of benzene rings is 2. The highest BCUT2D eigenvalue weighted by molar-refractivity contribution is 6.14. The fourth-order valence-corrected chi connectivity index (χ4v) is 3.99. The summed E-state index contributed by atoms with van der Waals surface area (Å²) in [6.07, 6.45) is 6.11. The molecular formula is C27H25N5O2. The number of hydrogen-bond donors (Lipinski definition) is 2. The largest absolute Gasteiger partial charge is 0.457 e. The Hall–Kier alpha value is -4.44. The smallest absolute Gasteiger partial charge is 0.246 e. The van der Waals surface area contributed by atoms with Crippen molar-refractivity contribution in [1.82, 2.24) is 9.88 Å². The first kappa shape index (κ1) is 22.7. The molecule has 170 valence electrons. The standard InChI is InChI=1S/C27H25N5O2/c1-2-25(33)32-14-6-7-21(18-32)31-27-20(15-28)16-30-17-24(27)26(29)19-10-12-23(13-11-19)34-22-8-4-3-5-9-22/h2-5,8-13,16-17,21,29H,1,6-7,14,18H2,(H,30,31)/t21-/m0/s1. The molecule has 1 fully saturated rings. The zero-order chi connectivity index (χ0) is 23.9. The van der Waals surface area contributed by atoms with Gasteiger partial charge in [0.25, 0.3) is 0 Å². The van der Waals surface area contributed by atoms with Gasteiger partial charge in [0.15, 0.2) is 0 Å². The van der Waals surface area contributed by atoms with Gasteiger partial charge in [-0.2, -0.15) is 5.26 Å². The van der Waals surface area contributed by atoms with Crippen LogP contribution in [0.15, 0.2) is 79.6 Å². The van der Waals surface area contributed by atoms with E-state index >= 15 is 0 Å². The Morgan fingerprint density at radius 3 is 2.62 bits per heavy atom. The van der Waals surface area contributed by atoms with E-state index in [1.54, 1.807) is 11.1 Å². The minimum atomic E-state index is -0.104. The Kier molecular flexibility index (Phi) is 6.99. The predicted octanol–water partition coefficient (Wildman–Crippen LogP) is 4.75. The highest BCUT2D eigenvalue weighted by atomic mass is 16.5. The lowest BCUT2D eigenvalue weighted by Crippen LogP contribution is -2.44. The van der Waals surface area contributed by atoms with Crippen molar-refractivity contribution in [3.05, 3.63) is 96.3 Å². The van der Waals surface area contributed by atoms with Gasteiger partial charge in [-0.15, -0.1) is 0 Å². The number of nitriles is 1. The number of anilines is 1. The minimum absolute atomic E-state index is 0.0413. The number of amides is 1. The Balaban J connectivity index is 1.56. The van der Waals surface area contributed by atoms with E-state index in [1.807, 2.05) is 54.6 Å². The molecule has 1 aliphatic heterocycles. The van der Waals surface area contributed by atoms with Gasteiger partial charge in [-0.05, 0) is 55.3 Å². The fraction of sp³-hybridized carbons (Fsp3) is 0.185. The number of pyridine rings is 1. The lowest BCUT2D eigenvalue weighted by atomic mass is 9.98. The number of carbonyl (C=O) groups is 1. The second-order valence-corrected chi connectivity index (χ2v) is 8.01. The Morgan fingerprint density at radius 2 is 1.91 bits per heavy atom. The molecule has 34 heavy (non-hydrogen) atoms. The molecule has 1 saturated heterocycles. The first-order chi connectivity index (χ1) is 16.6. The van der Waals surface area contributed by atoms with Crippen LogP contribution < -0.4 is 10.1 Å². The van der Waals surface area contributed by atoms with Gasteiger partial charge < -0.3 is 15.0 Å². The molecule has 0 unspecified atom stereocenters. The van der Waals surface area contributed by atoms with Crippen molar-refractivity contribution in [2.75, 3.05) is 18.4 Å². The number of likely N-dealkylation sites (tertiary alicyclic amines) is 1. The number of rotatable bonds is 7. The van der Waals surface area contributed by atoms with Gasteiger partial charge in [0.05, 0.1) is 17.0 Å². The molecule has 4 rings (SSSR count). The molecule has 0 aliphatic carbocycles. The number of nitrogens with one attached hydrogen (secondary N) is 2. The average Bonchev–Trinajstić information content (AvgIpc) is 2.89. The molecule has 0 saturated carbocycles. The second kappa shape index (κ2) is 10.5. The van der Waals surface area contributed by atoms with E-state index in [0.717, 1.165) is 18.6 Å². The number of piperidine rings is 1. The molecule has 2 N–H and O–H groups in total. The molecule has 3 aromatic rings. The zero-order valence-corrected chi connectivity index (χ0v) is 18.7. The van der Waals surface area contributed by atoms with Gasteiger partial charge in [-0.1, -0.05) is 24.8 Å². The predicted molar refractivity (Wildman–Crippen MR) is 131 cm³/mol. The Morgan fingerprint density at radius 1 is 1.18 bits per heavy atom. The molecular weight excluding hydrogens is 426 g/mol. The maximum atomic E-state index is 12.1. The van der Waals surface area contributed by atoms with Crippen molar-refractivity contribution in [3.8, 4) is 17.6 Å². The van der Waals surface area contributed by atoms with E-state index in [2.05, 4.69) is 22.9 Å². The van der Waals surface area contributed by atoms with Crippen LogP contribution in [-0.2, 0) is 4.79 Å². The molecule has 0 spiro atoms. The molecule has 7 heteroatoms. The normalized spacial score (nSPS) is 15.1. The molecule has 1 atom stereocenters. The van der Waals surface area contributed by atoms with Crippen molar-refractivity contribution in [1.29, 1.82) is 10.7 Å². The molecule has 2 heterocycles. The molecule has 7 nitrogen and oxygen atoms in total. The Bertz CT molecular complexity index is 1230. The summed E-state index contributed by atoms with van der Waals surface area (Å²) in [6, 6.07) is 18.9. The molecule has 0 bridgehead atoms. The number of aromatic nitrogens is 1. The number of carbonyl (C=O) groups excluding carboxylic acids is 1. The molecule has 2 aromatic carbocycles. The quantitative estimate of drug-likeness (QED) is 0.399. The van der Waals surface area contributed by atoms with E-state index < -0.39 is 0 Å². The monoisotopic (exact) mass is 451 g/mol. The summed E-state index contributed by atoms with van der Waals surface area (Å²) in [5.74, 6) is 1.30. The first-order valence-electron chi connectivity index (χ1n) is 11.1. The van der Waals surface area contributed by atoms with Crippen LogP contribution in [0.3, 0.4) is 0 Å². The van der Waals surface area contributed by atoms with Crippen LogP contribution in [0, 0.1) is 16.7 Å². The van der Waals surface area contributed by atoms with Crippen molar-refractivity contribution >= 4 is 17.3 Å². The van der Waals surface area contributed by atoms with Gasteiger partial charge in [-0.3, -0.25) is 15.2 Å². The van der Waals surface area contributed by atoms with Crippen LogP contribution in [0.2, 0.25) is 0 Å². The van der Waals surface area contributed by atoms with Gasteiger partial charge in [-0.25, -0.2) is 0 Å². The SMILES string of the molecule is C=CC(=O)N1CCC[C@H](Nc2c(C#N)cncc2C(=N)c2ccc(Oc3ccccc3)cc2)C1. The van der Waals surface area contributed by atoms with Crippen molar-refractivity contribution in [2.24, 2.45) is 0 Å². The minimum Gasteiger partial charge on any atom is -0.457 e. The third-order valence-electron chi connectivity index (χ3n) is 5.71. The summed E-state index contributed by atoms with van der Waals surface area (Å²) >= 11 is 0. The Labute approximate surface area is 198 Å². The summed E-state index contributed by atoms with van der Waals surface area (Å²) in [7, 11) is 0. The number of hydrogen-bond acceptors (Lipinski definition) is 6. The highest BCUT2D eigenvalue weighted by Gasteiger charge is 2.24. The lowest BCUT2D eigenvalue weighted by molar-refractivity contribution is -0.127. The van der Waals surface area contributed by atoms with E-state index in [4.69, 9.17) is 10.1 Å².